The van der Waals surface area contributed by atoms with Gasteiger partial charge in [0, 0.05) is 57.3 Å². The Bertz CT molecular complexity index is 3890. The number of methoxy groups -OCH3 is 2. The number of aryl methyl sites for hydroxylation is 1. The topological polar surface area (TPSA) is 239 Å². The molecule has 0 bridgehead atoms. The number of esters is 1. The molecule has 0 aliphatic carbocycles. The van der Waals surface area contributed by atoms with Crippen LogP contribution < -0.4 is 14.3 Å². The molecule has 0 saturated carbocycles. The lowest BCUT2D eigenvalue weighted by molar-refractivity contribution is -0.146. The SMILES string of the molecule is CC(=O)O[C@@H]1C[C@H](c2nc(Br)c3cnc4c(ccn4S(=O)(=O)c4ccc(C)cc4)n23)N(C(C)=O)C1.COc1ccc(-c2nc([C@H]3C[C@@H](O)CN3C(C)=O)n3c2cnc2[nH]ccc23)s1.COc1ccc(B2OC(C)(C)C(C)(C)O2)s1. The summed E-state index contributed by atoms with van der Waals surface area (Å²) in [6.45, 7) is 15.0. The number of ether oxygens (including phenoxy) is 3. The predicted octanol–water partition coefficient (Wildman–Crippen LogP) is 7.87. The van der Waals surface area contributed by atoms with Crippen LogP contribution in [0, 0.1) is 6.92 Å². The number of aromatic nitrogens is 8. The first-order valence-electron chi connectivity index (χ1n) is 25.2. The standard InChI is InChI=1S/C23H22BrN5O5S.C19H19N5O3S.C11H17BO3S/c1-13-4-6-17(7-5-13)35(32,33)28-9-8-18-22(28)25-11-20-21(24)26-23(29(18)20)19-10-16(34-15(3)31)12-27(19)14(2)30;1-10(25)23-9-11(26)7-13(23)19-22-17(15-3-4-16(27-2)28-15)14-8-21-18-12(24(14)19)5-6-20-18;1-10(2)11(3,4)15-12(14-10)8-6-7-9(13-5)16-8/h4-9,11,16,19H,10,12H2,1-3H3;3-6,8,11,13,20,26H,7,9H2,1-2H3;6-7H,1-5H3/t16-,19-;11-,13-;/m11./s1. The summed E-state index contributed by atoms with van der Waals surface area (Å²) in [4.78, 5) is 62.2. The number of likely N-dealkylation sites (tertiary alicyclic amines) is 2. The van der Waals surface area contributed by atoms with Gasteiger partial charge in [0.25, 0.3) is 10.0 Å². The fraction of sp³-hybridized carbons (Fsp3) is 0.377. The Morgan fingerprint density at radius 3 is 2.04 bits per heavy atom. The Kier molecular flexibility index (Phi) is 15.1. The number of nitrogens with one attached hydrogen (secondary N) is 1. The van der Waals surface area contributed by atoms with Crippen molar-refractivity contribution in [1.82, 2.24) is 47.5 Å². The highest BCUT2D eigenvalue weighted by molar-refractivity contribution is 9.10. The van der Waals surface area contributed by atoms with Crippen LogP contribution >= 0.6 is 38.6 Å². The van der Waals surface area contributed by atoms with Gasteiger partial charge in [0.15, 0.2) is 21.4 Å². The minimum absolute atomic E-state index is 0.0722. The smallest absolute Gasteiger partial charge is 0.487 e. The van der Waals surface area contributed by atoms with Crippen molar-refractivity contribution < 1.29 is 51.4 Å². The number of aromatic amines is 1. The average Bonchev–Trinajstić information content (AvgIpc) is 4.33. The molecule has 0 radical (unpaired) electrons. The maximum Gasteiger partial charge on any atom is 0.505 e. The number of nitrogens with zero attached hydrogens (tertiary/aromatic N) is 9. The summed E-state index contributed by atoms with van der Waals surface area (Å²) < 4.78 is 61.1. The van der Waals surface area contributed by atoms with Gasteiger partial charge in [0.2, 0.25) is 11.8 Å². The first-order chi connectivity index (χ1) is 37.5. The van der Waals surface area contributed by atoms with Crippen molar-refractivity contribution in [2.45, 2.75) is 109 Å². The van der Waals surface area contributed by atoms with E-state index in [-0.39, 0.29) is 53.3 Å². The number of rotatable bonds is 9. The number of amides is 2. The number of aliphatic hydroxyl groups is 1. The second-order valence-electron chi connectivity index (χ2n) is 20.4. The summed E-state index contributed by atoms with van der Waals surface area (Å²) in [5.41, 5.74) is 5.04. The number of thiophene rings is 2. The number of imidazole rings is 2. The van der Waals surface area contributed by atoms with Crippen LogP contribution in [0.15, 0.2) is 94.9 Å². The van der Waals surface area contributed by atoms with Crippen LogP contribution in [-0.4, -0.2) is 137 Å². The fourth-order valence-electron chi connectivity index (χ4n) is 10.0. The maximum absolute atomic E-state index is 13.4. The number of β-amino-alcohol motifs (C(OH)–C–C–N with tert-alkyl or cyclic N) is 1. The summed E-state index contributed by atoms with van der Waals surface area (Å²) in [5.74, 6) is 0.586. The molecule has 0 spiro atoms. The molecular weight excluding hydrogens is 1140 g/mol. The van der Waals surface area contributed by atoms with Crippen LogP contribution in [-0.2, 0) is 38.5 Å². The van der Waals surface area contributed by atoms with Crippen LogP contribution in [0.5, 0.6) is 10.1 Å². The zero-order valence-corrected chi connectivity index (χ0v) is 49.0. The first kappa shape index (κ1) is 55.6. The van der Waals surface area contributed by atoms with Gasteiger partial charge in [-0.2, -0.15) is 0 Å². The number of fused-ring (bicyclic) bond motifs is 6. The van der Waals surface area contributed by atoms with Gasteiger partial charge in [-0.25, -0.2) is 32.3 Å². The van der Waals surface area contributed by atoms with Gasteiger partial charge < -0.3 is 43.4 Å². The molecule has 11 heterocycles. The summed E-state index contributed by atoms with van der Waals surface area (Å²) in [6, 6.07) is 17.3. The third kappa shape index (κ3) is 10.4. The molecule has 12 rings (SSSR count). The van der Waals surface area contributed by atoms with Crippen molar-refractivity contribution in [3.05, 3.63) is 107 Å². The normalized spacial score (nSPS) is 19.7. The van der Waals surface area contributed by atoms with Crippen LogP contribution in [0.3, 0.4) is 0 Å². The zero-order chi connectivity index (χ0) is 56.5. The second-order valence-corrected chi connectivity index (χ2v) is 25.1. The quantitative estimate of drug-likeness (QED) is 0.103. The van der Waals surface area contributed by atoms with Gasteiger partial charge in [-0.15, -0.1) is 11.3 Å². The highest BCUT2D eigenvalue weighted by Gasteiger charge is 2.52. The molecule has 2 amide bonds. The molecule has 21 nitrogen and oxygen atoms in total. The van der Waals surface area contributed by atoms with E-state index in [2.05, 4.69) is 63.6 Å². The molecule has 2 N–H and O–H groups in total. The monoisotopic (exact) mass is 1200 g/mol. The number of H-pyrrole nitrogens is 1. The van der Waals surface area contributed by atoms with E-state index in [1.54, 1.807) is 82.5 Å². The van der Waals surface area contributed by atoms with Crippen molar-refractivity contribution in [1.29, 1.82) is 0 Å². The Hall–Kier alpha value is -6.68. The van der Waals surface area contributed by atoms with Crippen LogP contribution in [0.2, 0.25) is 0 Å². The first-order valence-corrected chi connectivity index (χ1v) is 29.1. The molecule has 414 valence electrons. The molecule has 3 fully saturated rings. The Labute approximate surface area is 471 Å². The predicted molar refractivity (Wildman–Crippen MR) is 302 cm³/mol. The van der Waals surface area contributed by atoms with Crippen molar-refractivity contribution in [2.75, 3.05) is 27.3 Å². The number of aliphatic hydroxyl groups excluding tert-OH is 1. The molecule has 4 atom stereocenters. The lowest BCUT2D eigenvalue weighted by Crippen LogP contribution is -2.41. The van der Waals surface area contributed by atoms with E-state index in [4.69, 9.17) is 28.5 Å². The highest BCUT2D eigenvalue weighted by Crippen LogP contribution is 2.42. The van der Waals surface area contributed by atoms with Gasteiger partial charge >= 0.3 is 13.1 Å². The molecule has 3 saturated heterocycles. The van der Waals surface area contributed by atoms with Crippen LogP contribution in [0.1, 0.15) is 90.6 Å². The van der Waals surface area contributed by atoms with Crippen molar-refractivity contribution in [3.63, 3.8) is 0 Å². The van der Waals surface area contributed by atoms with E-state index in [1.165, 1.54) is 38.3 Å². The Balaban J connectivity index is 0.000000143. The highest BCUT2D eigenvalue weighted by atomic mass is 79.9. The van der Waals surface area contributed by atoms with Gasteiger partial charge in [-0.3, -0.25) is 23.2 Å². The third-order valence-corrected chi connectivity index (χ3v) is 19.0. The molecule has 3 aliphatic heterocycles. The zero-order valence-electron chi connectivity index (χ0n) is 45.0. The van der Waals surface area contributed by atoms with Crippen molar-refractivity contribution in [2.24, 2.45) is 0 Å². The Morgan fingerprint density at radius 1 is 0.772 bits per heavy atom. The van der Waals surface area contributed by atoms with Gasteiger partial charge in [-0.1, -0.05) is 29.0 Å². The van der Waals surface area contributed by atoms with Crippen LogP contribution in [0.4, 0.5) is 0 Å². The molecule has 3 aliphatic rings. The summed E-state index contributed by atoms with van der Waals surface area (Å²) in [6.07, 6.45) is 6.44. The minimum atomic E-state index is -3.89. The van der Waals surface area contributed by atoms with Crippen molar-refractivity contribution >= 4 is 112 Å². The number of benzene rings is 1. The number of halogens is 1. The minimum Gasteiger partial charge on any atom is -0.487 e. The number of hydrogen-bond acceptors (Lipinski definition) is 17. The average molecular weight is 1200 g/mol. The van der Waals surface area contributed by atoms with Gasteiger partial charge in [0.1, 0.15) is 28.0 Å². The molecule has 79 heavy (non-hydrogen) atoms. The Morgan fingerprint density at radius 2 is 1.39 bits per heavy atom. The van der Waals surface area contributed by atoms with E-state index in [0.717, 1.165) is 57.5 Å². The van der Waals surface area contributed by atoms with E-state index < -0.39 is 34.2 Å². The van der Waals surface area contributed by atoms with E-state index in [1.807, 2.05) is 47.9 Å². The molecule has 8 aromatic heterocycles. The van der Waals surface area contributed by atoms with Gasteiger partial charge in [0.05, 0.1) is 94.4 Å². The van der Waals surface area contributed by atoms with Gasteiger partial charge in [-0.05, 0) is 99.1 Å². The lowest BCUT2D eigenvalue weighted by Gasteiger charge is -2.32. The second kappa shape index (κ2) is 21.4. The largest absolute Gasteiger partial charge is 0.505 e. The van der Waals surface area contributed by atoms with E-state index >= 15 is 0 Å². The number of carbonyl (C=O) groups excluding carboxylic acids is 3. The number of hydrogen-bond donors (Lipinski definition) is 2. The summed E-state index contributed by atoms with van der Waals surface area (Å²) >= 11 is 6.53. The summed E-state index contributed by atoms with van der Waals surface area (Å²) in [5, 5.41) is 11.9. The third-order valence-electron chi connectivity index (χ3n) is 14.6. The molecular formula is C53H58BBrN10O11S3. The lowest BCUT2D eigenvalue weighted by atomic mass is 9.88. The number of carbonyl (C=O) groups is 3. The molecule has 0 unspecified atom stereocenters. The van der Waals surface area contributed by atoms with Crippen molar-refractivity contribution in [3.8, 4) is 20.7 Å². The molecule has 1 aromatic carbocycles. The van der Waals surface area contributed by atoms with Crippen LogP contribution in [0.25, 0.3) is 43.9 Å². The summed E-state index contributed by atoms with van der Waals surface area (Å²) in [7, 11) is -0.864. The molecule has 26 heteroatoms. The fourth-order valence-corrected chi connectivity index (χ4v) is 13.4. The van der Waals surface area contributed by atoms with E-state index in [0.29, 0.717) is 40.8 Å². The molecule has 9 aromatic rings. The van der Waals surface area contributed by atoms with E-state index in [9.17, 15) is 27.9 Å². The maximum atomic E-state index is 13.4.